The van der Waals surface area contributed by atoms with Gasteiger partial charge in [0.2, 0.25) is 0 Å². The first-order valence-corrected chi connectivity index (χ1v) is 9.03. The maximum atomic E-state index is 12.3. The normalized spacial score (nSPS) is 14.2. The van der Waals surface area contributed by atoms with Crippen LogP contribution in [0, 0.1) is 0 Å². The highest BCUT2D eigenvalue weighted by molar-refractivity contribution is 6.43. The zero-order valence-corrected chi connectivity index (χ0v) is 15.9. The molecule has 0 bridgehead atoms. The van der Waals surface area contributed by atoms with E-state index in [4.69, 9.17) is 44.3 Å². The highest BCUT2D eigenvalue weighted by atomic mass is 35.5. The maximum Gasteiger partial charge on any atom is 0.262 e. The van der Waals surface area contributed by atoms with Crippen LogP contribution in [0.1, 0.15) is 0 Å². The number of amides is 1. The third-order valence-corrected chi connectivity index (χ3v) is 4.72. The third-order valence-electron chi connectivity index (χ3n) is 3.70. The van der Waals surface area contributed by atoms with Crippen molar-refractivity contribution in [3.8, 4) is 5.75 Å². The lowest BCUT2D eigenvalue weighted by Crippen LogP contribution is -2.37. The van der Waals surface area contributed by atoms with Gasteiger partial charge in [0.15, 0.2) is 12.4 Å². The van der Waals surface area contributed by atoms with Crippen molar-refractivity contribution >= 4 is 52.2 Å². The van der Waals surface area contributed by atoms with E-state index in [0.29, 0.717) is 34.8 Å². The molecule has 0 saturated carbocycles. The summed E-state index contributed by atoms with van der Waals surface area (Å²) in [6, 6.07) is 6.50. The van der Waals surface area contributed by atoms with Gasteiger partial charge in [0.05, 0.1) is 34.0 Å². The average Bonchev–Trinajstić information content (AvgIpc) is 2.65. The van der Waals surface area contributed by atoms with Crippen LogP contribution in [0.15, 0.2) is 30.5 Å². The SMILES string of the molecule is O=C(COc1cc(Cl)c(Cl)cc1Cl)Nc1cccnc1N1CCOCC1. The lowest BCUT2D eigenvalue weighted by Gasteiger charge is -2.29. The molecule has 2 heterocycles. The van der Waals surface area contributed by atoms with E-state index in [1.54, 1.807) is 18.3 Å². The highest BCUT2D eigenvalue weighted by Gasteiger charge is 2.17. The minimum Gasteiger partial charge on any atom is -0.482 e. The zero-order valence-electron chi connectivity index (χ0n) is 13.7. The number of ether oxygens (including phenoxy) is 2. The number of nitrogens with one attached hydrogen (secondary N) is 1. The van der Waals surface area contributed by atoms with Gasteiger partial charge in [-0.25, -0.2) is 4.98 Å². The van der Waals surface area contributed by atoms with Gasteiger partial charge in [0.25, 0.3) is 5.91 Å². The molecular formula is C17H16Cl3N3O3. The average molecular weight is 417 g/mol. The molecule has 1 saturated heterocycles. The molecule has 1 amide bonds. The molecule has 0 radical (unpaired) electrons. The summed E-state index contributed by atoms with van der Waals surface area (Å²) in [5, 5.41) is 3.71. The molecule has 0 unspecified atom stereocenters. The van der Waals surface area contributed by atoms with E-state index in [-0.39, 0.29) is 23.3 Å². The number of aromatic nitrogens is 1. The summed E-state index contributed by atoms with van der Waals surface area (Å²) < 4.78 is 10.8. The van der Waals surface area contributed by atoms with Crippen LogP contribution in [0.5, 0.6) is 5.75 Å². The molecule has 1 aliphatic heterocycles. The van der Waals surface area contributed by atoms with Crippen LogP contribution < -0.4 is 15.0 Å². The fourth-order valence-corrected chi connectivity index (χ4v) is 3.06. The van der Waals surface area contributed by atoms with Gasteiger partial charge in [-0.3, -0.25) is 4.79 Å². The monoisotopic (exact) mass is 415 g/mol. The Hall–Kier alpha value is -1.73. The molecule has 1 fully saturated rings. The molecule has 9 heteroatoms. The van der Waals surface area contributed by atoms with E-state index in [1.807, 2.05) is 0 Å². The largest absolute Gasteiger partial charge is 0.482 e. The van der Waals surface area contributed by atoms with Crippen LogP contribution in [-0.4, -0.2) is 43.8 Å². The molecule has 1 aliphatic rings. The van der Waals surface area contributed by atoms with Crippen molar-refractivity contribution < 1.29 is 14.3 Å². The molecule has 3 rings (SSSR count). The Morgan fingerprint density at radius 3 is 2.69 bits per heavy atom. The quantitative estimate of drug-likeness (QED) is 0.749. The molecule has 26 heavy (non-hydrogen) atoms. The molecule has 6 nitrogen and oxygen atoms in total. The zero-order chi connectivity index (χ0) is 18.5. The third kappa shape index (κ3) is 4.71. The summed E-state index contributed by atoms with van der Waals surface area (Å²) in [7, 11) is 0. The number of carbonyl (C=O) groups excluding carboxylic acids is 1. The lowest BCUT2D eigenvalue weighted by atomic mass is 10.3. The van der Waals surface area contributed by atoms with Crippen LogP contribution in [0.25, 0.3) is 0 Å². The molecule has 0 spiro atoms. The van der Waals surface area contributed by atoms with Gasteiger partial charge in [-0.15, -0.1) is 0 Å². The van der Waals surface area contributed by atoms with Crippen molar-refractivity contribution in [3.63, 3.8) is 0 Å². The molecule has 1 aromatic carbocycles. The molecule has 0 atom stereocenters. The van der Waals surface area contributed by atoms with Crippen molar-refractivity contribution in [2.24, 2.45) is 0 Å². The van der Waals surface area contributed by atoms with Gasteiger partial charge in [0, 0.05) is 25.4 Å². The summed E-state index contributed by atoms with van der Waals surface area (Å²) in [4.78, 5) is 18.7. The summed E-state index contributed by atoms with van der Waals surface area (Å²) in [6.45, 7) is 2.46. The van der Waals surface area contributed by atoms with E-state index >= 15 is 0 Å². The molecule has 0 aliphatic carbocycles. The van der Waals surface area contributed by atoms with Crippen LogP contribution in [-0.2, 0) is 9.53 Å². The second-order valence-electron chi connectivity index (χ2n) is 5.51. The number of morpholine rings is 1. The number of halogens is 3. The number of hydrogen-bond acceptors (Lipinski definition) is 5. The number of anilines is 2. The molecule has 2 aromatic rings. The Balaban J connectivity index is 1.64. The smallest absolute Gasteiger partial charge is 0.262 e. The summed E-state index contributed by atoms with van der Waals surface area (Å²) in [5.41, 5.74) is 0.614. The summed E-state index contributed by atoms with van der Waals surface area (Å²) in [5.74, 6) is 0.655. The van der Waals surface area contributed by atoms with Crippen molar-refractivity contribution in [2.75, 3.05) is 43.1 Å². The van der Waals surface area contributed by atoms with Gasteiger partial charge in [-0.2, -0.15) is 0 Å². The highest BCUT2D eigenvalue weighted by Crippen LogP contribution is 2.33. The van der Waals surface area contributed by atoms with Gasteiger partial charge < -0.3 is 19.7 Å². The van der Waals surface area contributed by atoms with Gasteiger partial charge in [-0.1, -0.05) is 34.8 Å². The van der Waals surface area contributed by atoms with Crippen LogP contribution in [0.3, 0.4) is 0 Å². The van der Waals surface area contributed by atoms with Gasteiger partial charge in [-0.05, 0) is 18.2 Å². The Morgan fingerprint density at radius 1 is 1.19 bits per heavy atom. The van der Waals surface area contributed by atoms with Crippen LogP contribution in [0.2, 0.25) is 15.1 Å². The van der Waals surface area contributed by atoms with E-state index in [2.05, 4.69) is 15.2 Å². The van der Waals surface area contributed by atoms with E-state index < -0.39 is 0 Å². The number of carbonyl (C=O) groups is 1. The Kier molecular flexibility index (Phi) is 6.43. The lowest BCUT2D eigenvalue weighted by molar-refractivity contribution is -0.118. The van der Waals surface area contributed by atoms with E-state index in [9.17, 15) is 4.79 Å². The minimum atomic E-state index is -0.338. The van der Waals surface area contributed by atoms with Crippen molar-refractivity contribution in [1.82, 2.24) is 4.98 Å². The Bertz CT molecular complexity index is 798. The van der Waals surface area contributed by atoms with Crippen molar-refractivity contribution in [3.05, 3.63) is 45.5 Å². The fourth-order valence-electron chi connectivity index (χ4n) is 2.47. The second kappa shape index (κ2) is 8.77. The number of rotatable bonds is 5. The van der Waals surface area contributed by atoms with Gasteiger partial charge >= 0.3 is 0 Å². The number of benzene rings is 1. The standard InChI is InChI=1S/C17H16Cl3N3O3/c18-11-8-13(20)15(9-12(11)19)26-10-16(24)22-14-2-1-3-21-17(14)23-4-6-25-7-5-23/h1-3,8-9H,4-7,10H2,(H,22,24). The summed E-state index contributed by atoms with van der Waals surface area (Å²) in [6.07, 6.45) is 1.69. The molecular weight excluding hydrogens is 401 g/mol. The number of hydrogen-bond donors (Lipinski definition) is 1. The Morgan fingerprint density at radius 2 is 1.92 bits per heavy atom. The first-order chi connectivity index (χ1) is 12.5. The van der Waals surface area contributed by atoms with Crippen LogP contribution in [0.4, 0.5) is 11.5 Å². The minimum absolute atomic E-state index is 0.227. The van der Waals surface area contributed by atoms with E-state index in [0.717, 1.165) is 13.1 Å². The number of nitrogens with zero attached hydrogens (tertiary/aromatic N) is 2. The first kappa shape index (κ1) is 19.0. The molecule has 1 N–H and O–H groups in total. The summed E-state index contributed by atoms with van der Waals surface area (Å²) >= 11 is 17.9. The number of pyridine rings is 1. The van der Waals surface area contributed by atoms with Crippen molar-refractivity contribution in [1.29, 1.82) is 0 Å². The topological polar surface area (TPSA) is 63.7 Å². The first-order valence-electron chi connectivity index (χ1n) is 7.89. The predicted molar refractivity (Wildman–Crippen MR) is 103 cm³/mol. The second-order valence-corrected chi connectivity index (χ2v) is 6.73. The van der Waals surface area contributed by atoms with Crippen molar-refractivity contribution in [2.45, 2.75) is 0 Å². The molecule has 138 valence electrons. The predicted octanol–water partition coefficient (Wildman–Crippen LogP) is 3.90. The fraction of sp³-hybridized carbons (Fsp3) is 0.294. The van der Waals surface area contributed by atoms with E-state index in [1.165, 1.54) is 12.1 Å². The van der Waals surface area contributed by atoms with Crippen LogP contribution >= 0.6 is 34.8 Å². The Labute approximate surface area is 166 Å². The van der Waals surface area contributed by atoms with Gasteiger partial charge in [0.1, 0.15) is 5.75 Å². The molecule has 1 aromatic heterocycles. The maximum absolute atomic E-state index is 12.3.